The SMILES string of the molecule is CCCc1ccccc1NC(=O)c1cccc(C(=O)O)n1. The summed E-state index contributed by atoms with van der Waals surface area (Å²) < 4.78 is 0. The van der Waals surface area contributed by atoms with Gasteiger partial charge in [0.15, 0.2) is 0 Å². The Kier molecular flexibility index (Phi) is 4.66. The number of nitrogens with one attached hydrogen (secondary N) is 1. The van der Waals surface area contributed by atoms with E-state index in [-0.39, 0.29) is 11.4 Å². The summed E-state index contributed by atoms with van der Waals surface area (Å²) in [7, 11) is 0. The van der Waals surface area contributed by atoms with Crippen LogP contribution in [0.1, 0.15) is 39.9 Å². The molecule has 0 atom stereocenters. The Morgan fingerprint density at radius 2 is 1.81 bits per heavy atom. The third-order valence-electron chi connectivity index (χ3n) is 2.99. The average molecular weight is 284 g/mol. The second-order valence-electron chi connectivity index (χ2n) is 4.57. The highest BCUT2D eigenvalue weighted by molar-refractivity contribution is 6.03. The molecule has 2 N–H and O–H groups in total. The van der Waals surface area contributed by atoms with Crippen molar-refractivity contribution in [2.45, 2.75) is 19.8 Å². The first-order valence-corrected chi connectivity index (χ1v) is 6.71. The van der Waals surface area contributed by atoms with Crippen molar-refractivity contribution in [2.75, 3.05) is 5.32 Å². The predicted octanol–water partition coefficient (Wildman–Crippen LogP) is 2.98. The summed E-state index contributed by atoms with van der Waals surface area (Å²) in [4.78, 5) is 26.9. The van der Waals surface area contributed by atoms with Gasteiger partial charge < -0.3 is 10.4 Å². The van der Waals surface area contributed by atoms with Gasteiger partial charge in [0.05, 0.1) is 0 Å². The van der Waals surface area contributed by atoms with Crippen LogP contribution in [0.4, 0.5) is 5.69 Å². The molecule has 1 aromatic carbocycles. The van der Waals surface area contributed by atoms with E-state index in [1.807, 2.05) is 24.3 Å². The zero-order valence-electron chi connectivity index (χ0n) is 11.7. The molecule has 108 valence electrons. The van der Waals surface area contributed by atoms with E-state index in [1.54, 1.807) is 0 Å². The third kappa shape index (κ3) is 3.66. The van der Waals surface area contributed by atoms with E-state index in [2.05, 4.69) is 17.2 Å². The van der Waals surface area contributed by atoms with Gasteiger partial charge in [0, 0.05) is 5.69 Å². The molecular weight excluding hydrogens is 268 g/mol. The molecule has 5 heteroatoms. The molecule has 0 saturated carbocycles. The summed E-state index contributed by atoms with van der Waals surface area (Å²) in [5.41, 5.74) is 1.71. The quantitative estimate of drug-likeness (QED) is 0.884. The van der Waals surface area contributed by atoms with Crippen LogP contribution in [-0.4, -0.2) is 22.0 Å². The number of carboxylic acid groups (broad SMARTS) is 1. The van der Waals surface area contributed by atoms with E-state index in [0.29, 0.717) is 0 Å². The number of nitrogens with zero attached hydrogens (tertiary/aromatic N) is 1. The van der Waals surface area contributed by atoms with Crippen LogP contribution in [0, 0.1) is 0 Å². The Hall–Kier alpha value is -2.69. The van der Waals surface area contributed by atoms with Crippen LogP contribution in [0.2, 0.25) is 0 Å². The fourth-order valence-electron chi connectivity index (χ4n) is 2.00. The standard InChI is InChI=1S/C16H16N2O3/c1-2-6-11-7-3-4-8-12(11)18-15(19)13-9-5-10-14(17-13)16(20)21/h3-5,7-10H,2,6H2,1H3,(H,18,19)(H,20,21). The van der Waals surface area contributed by atoms with Crippen molar-refractivity contribution in [3.05, 3.63) is 59.4 Å². The fourth-order valence-corrected chi connectivity index (χ4v) is 2.00. The summed E-state index contributed by atoms with van der Waals surface area (Å²) >= 11 is 0. The number of pyridine rings is 1. The van der Waals surface area contributed by atoms with E-state index in [1.165, 1.54) is 18.2 Å². The van der Waals surface area contributed by atoms with Crippen molar-refractivity contribution >= 4 is 17.6 Å². The number of anilines is 1. The van der Waals surface area contributed by atoms with Crippen molar-refractivity contribution in [3.8, 4) is 0 Å². The van der Waals surface area contributed by atoms with Gasteiger partial charge in [-0.05, 0) is 30.2 Å². The average Bonchev–Trinajstić information content (AvgIpc) is 2.49. The number of amides is 1. The molecule has 0 aliphatic carbocycles. The summed E-state index contributed by atoms with van der Waals surface area (Å²) in [6.07, 6.45) is 1.83. The number of rotatable bonds is 5. The fraction of sp³-hybridized carbons (Fsp3) is 0.188. The van der Waals surface area contributed by atoms with E-state index in [0.717, 1.165) is 24.1 Å². The largest absolute Gasteiger partial charge is 0.477 e. The van der Waals surface area contributed by atoms with Crippen molar-refractivity contribution in [1.82, 2.24) is 4.98 Å². The van der Waals surface area contributed by atoms with Gasteiger partial charge in [-0.25, -0.2) is 9.78 Å². The highest BCUT2D eigenvalue weighted by Crippen LogP contribution is 2.17. The molecule has 2 aromatic rings. The number of benzene rings is 1. The Labute approximate surface area is 122 Å². The second-order valence-corrected chi connectivity index (χ2v) is 4.57. The van der Waals surface area contributed by atoms with Gasteiger partial charge in [-0.3, -0.25) is 4.79 Å². The highest BCUT2D eigenvalue weighted by Gasteiger charge is 2.12. The molecule has 21 heavy (non-hydrogen) atoms. The molecule has 0 bridgehead atoms. The van der Waals surface area contributed by atoms with Crippen molar-refractivity contribution < 1.29 is 14.7 Å². The maximum absolute atomic E-state index is 12.2. The molecule has 0 aliphatic rings. The Morgan fingerprint density at radius 1 is 1.10 bits per heavy atom. The smallest absolute Gasteiger partial charge is 0.354 e. The van der Waals surface area contributed by atoms with Gasteiger partial charge >= 0.3 is 5.97 Å². The van der Waals surface area contributed by atoms with Crippen LogP contribution in [0.25, 0.3) is 0 Å². The molecule has 0 radical (unpaired) electrons. The van der Waals surface area contributed by atoms with Gasteiger partial charge in [-0.2, -0.15) is 0 Å². The first-order chi connectivity index (χ1) is 10.1. The monoisotopic (exact) mass is 284 g/mol. The molecule has 0 saturated heterocycles. The molecule has 0 unspecified atom stereocenters. The molecule has 1 amide bonds. The lowest BCUT2D eigenvalue weighted by molar-refractivity contribution is 0.0690. The Balaban J connectivity index is 2.22. The number of carbonyl (C=O) groups excluding carboxylic acids is 1. The van der Waals surface area contributed by atoms with Crippen molar-refractivity contribution in [1.29, 1.82) is 0 Å². The predicted molar refractivity (Wildman–Crippen MR) is 79.6 cm³/mol. The van der Waals surface area contributed by atoms with Crippen molar-refractivity contribution in [3.63, 3.8) is 0 Å². The molecule has 2 rings (SSSR count). The molecule has 1 heterocycles. The highest BCUT2D eigenvalue weighted by atomic mass is 16.4. The summed E-state index contributed by atoms with van der Waals surface area (Å²) in [6.45, 7) is 2.07. The third-order valence-corrected chi connectivity index (χ3v) is 2.99. The van der Waals surface area contributed by atoms with E-state index in [9.17, 15) is 9.59 Å². The number of aromatic carboxylic acids is 1. The number of aryl methyl sites for hydroxylation is 1. The molecule has 1 aromatic heterocycles. The molecule has 0 fully saturated rings. The van der Waals surface area contributed by atoms with Crippen LogP contribution >= 0.6 is 0 Å². The van der Waals surface area contributed by atoms with Crippen LogP contribution in [0.3, 0.4) is 0 Å². The van der Waals surface area contributed by atoms with E-state index in [4.69, 9.17) is 5.11 Å². The van der Waals surface area contributed by atoms with Crippen molar-refractivity contribution in [2.24, 2.45) is 0 Å². The molecule has 0 aliphatic heterocycles. The lowest BCUT2D eigenvalue weighted by Gasteiger charge is -2.10. The minimum atomic E-state index is -1.16. The molecular formula is C16H16N2O3. The molecule has 5 nitrogen and oxygen atoms in total. The minimum Gasteiger partial charge on any atom is -0.477 e. The lowest BCUT2D eigenvalue weighted by Crippen LogP contribution is -2.16. The topological polar surface area (TPSA) is 79.3 Å². The summed E-state index contributed by atoms with van der Waals surface area (Å²) in [5, 5.41) is 11.7. The Morgan fingerprint density at radius 3 is 2.52 bits per heavy atom. The van der Waals surface area contributed by atoms with Gasteiger partial charge in [0.25, 0.3) is 5.91 Å². The number of carbonyl (C=O) groups is 2. The minimum absolute atomic E-state index is 0.0844. The number of hydrogen-bond donors (Lipinski definition) is 2. The van der Waals surface area contributed by atoms with Gasteiger partial charge in [0.2, 0.25) is 0 Å². The van der Waals surface area contributed by atoms with Gasteiger partial charge in [0.1, 0.15) is 11.4 Å². The zero-order valence-corrected chi connectivity index (χ0v) is 11.7. The van der Waals surface area contributed by atoms with E-state index >= 15 is 0 Å². The van der Waals surface area contributed by atoms with Gasteiger partial charge in [-0.15, -0.1) is 0 Å². The lowest BCUT2D eigenvalue weighted by atomic mass is 10.1. The summed E-state index contributed by atoms with van der Waals surface area (Å²) in [6, 6.07) is 11.9. The number of carboxylic acids is 1. The van der Waals surface area contributed by atoms with Crippen LogP contribution in [0.5, 0.6) is 0 Å². The second kappa shape index (κ2) is 6.65. The van der Waals surface area contributed by atoms with E-state index < -0.39 is 11.9 Å². The molecule has 0 spiro atoms. The zero-order chi connectivity index (χ0) is 15.2. The Bertz CT molecular complexity index is 668. The first kappa shape index (κ1) is 14.7. The first-order valence-electron chi connectivity index (χ1n) is 6.71. The normalized spacial score (nSPS) is 10.1. The maximum Gasteiger partial charge on any atom is 0.354 e. The van der Waals surface area contributed by atoms with Crippen LogP contribution in [0.15, 0.2) is 42.5 Å². The van der Waals surface area contributed by atoms with Gasteiger partial charge in [-0.1, -0.05) is 37.6 Å². The number of hydrogen-bond acceptors (Lipinski definition) is 3. The van der Waals surface area contributed by atoms with Crippen LogP contribution in [-0.2, 0) is 6.42 Å². The number of para-hydroxylation sites is 1. The van der Waals surface area contributed by atoms with Crippen LogP contribution < -0.4 is 5.32 Å². The summed E-state index contributed by atoms with van der Waals surface area (Å²) in [5.74, 6) is -1.57. The maximum atomic E-state index is 12.2. The number of aromatic nitrogens is 1.